The number of hydrogen-bond acceptors (Lipinski definition) is 30. The molecule has 105 heavy (non-hydrogen) atoms. The van der Waals surface area contributed by atoms with E-state index in [1.165, 1.54) is 18.2 Å². The van der Waals surface area contributed by atoms with Crippen LogP contribution in [0.4, 0.5) is 0 Å². The number of aromatic hydroxyl groups is 20. The highest BCUT2D eigenvalue weighted by Crippen LogP contribution is 2.66. The molecule has 0 aromatic heterocycles. The van der Waals surface area contributed by atoms with Crippen LogP contribution in [0, 0.1) is 0 Å². The summed E-state index contributed by atoms with van der Waals surface area (Å²) in [6.07, 6.45) is -19.6. The Morgan fingerprint density at radius 2 is 0.514 bits per heavy atom. The van der Waals surface area contributed by atoms with Gasteiger partial charge < -0.3 is 151 Å². The second-order valence-electron chi connectivity index (χ2n) is 26.3. The molecule has 5 aliphatic rings. The number of phenols is 20. The van der Waals surface area contributed by atoms with Gasteiger partial charge in [0.1, 0.15) is 117 Å². The Balaban J connectivity index is 0.973. The number of aliphatic hydroxyl groups is 5. The lowest BCUT2D eigenvalue weighted by Crippen LogP contribution is -2.39. The van der Waals surface area contributed by atoms with Crippen molar-refractivity contribution in [1.29, 1.82) is 0 Å². The predicted octanol–water partition coefficient (Wildman–Crippen LogP) is 7.34. The Bertz CT molecular complexity index is 5270. The topological polar surface area (TPSA) is 552 Å². The minimum Gasteiger partial charge on any atom is -0.508 e. The van der Waals surface area contributed by atoms with Gasteiger partial charge in [-0.3, -0.25) is 0 Å². The fourth-order valence-electron chi connectivity index (χ4n) is 15.4. The summed E-state index contributed by atoms with van der Waals surface area (Å²) in [5, 5.41) is 294. The van der Waals surface area contributed by atoms with Crippen LogP contribution in [0.25, 0.3) is 0 Å². The van der Waals surface area contributed by atoms with Gasteiger partial charge in [0.15, 0.2) is 81.9 Å². The van der Waals surface area contributed by atoms with Crippen molar-refractivity contribution < 1.29 is 151 Å². The summed E-state index contributed by atoms with van der Waals surface area (Å²) in [6.45, 7) is 0. The summed E-state index contributed by atoms with van der Waals surface area (Å²) in [5.41, 5.74) is -5.80. The zero-order chi connectivity index (χ0) is 74.7. The molecule has 0 amide bonds. The lowest BCUT2D eigenvalue weighted by atomic mass is 9.71. The first-order valence-electron chi connectivity index (χ1n) is 32.1. The highest BCUT2D eigenvalue weighted by Gasteiger charge is 2.54. The summed E-state index contributed by atoms with van der Waals surface area (Å²) in [7, 11) is 0. The molecule has 5 aliphatic heterocycles. The van der Waals surface area contributed by atoms with Gasteiger partial charge in [0.2, 0.25) is 0 Å². The van der Waals surface area contributed by atoms with E-state index in [-0.39, 0.29) is 50.4 Å². The predicted molar refractivity (Wildman–Crippen MR) is 356 cm³/mol. The van der Waals surface area contributed by atoms with Crippen molar-refractivity contribution >= 4 is 0 Å². The van der Waals surface area contributed by atoms with Gasteiger partial charge in [-0.25, -0.2) is 0 Å². The highest BCUT2D eigenvalue weighted by atomic mass is 16.5. The first-order valence-corrected chi connectivity index (χ1v) is 32.1. The van der Waals surface area contributed by atoms with Crippen molar-refractivity contribution in [1.82, 2.24) is 0 Å². The van der Waals surface area contributed by atoms with Crippen LogP contribution in [0.5, 0.6) is 144 Å². The van der Waals surface area contributed by atoms with Gasteiger partial charge >= 0.3 is 0 Å². The Hall–Kier alpha value is -13.0. The van der Waals surface area contributed by atoms with E-state index in [9.17, 15) is 128 Å². The molecular formula is C75H62O30. The maximum absolute atomic E-state index is 13.7. The van der Waals surface area contributed by atoms with Crippen LogP contribution >= 0.6 is 0 Å². The fraction of sp³-hybridized carbons (Fsp3) is 0.200. The Kier molecular flexibility index (Phi) is 15.9. The van der Waals surface area contributed by atoms with E-state index in [0.29, 0.717) is 12.1 Å². The van der Waals surface area contributed by atoms with Crippen molar-refractivity contribution in [3.8, 4) is 144 Å². The molecular weight excluding hydrogens is 1380 g/mol. The first-order chi connectivity index (χ1) is 49.9. The molecule has 14 unspecified atom stereocenters. The molecule has 0 bridgehead atoms. The van der Waals surface area contributed by atoms with Gasteiger partial charge in [-0.1, -0.05) is 30.3 Å². The second-order valence-corrected chi connectivity index (χ2v) is 26.3. The standard InChI is InChI=1S/C75H62O30/c76-28-16-40(87)51-49(17-28)102-70(24-2-7-31(78)36(83)12-24)65(97)59(51)54-41(88)19-43(90)56-61(67(99)73(104-74(54)56)27-5-10-34(81)39(86)15-27)53-46(93)22-50-58(64(53)96)62(68(100)71(103-50)25-3-8-32(79)37(84)13-25)57-44(91)20-42(89)55-60(66(98)72(105-75(55)57)26-4-9-33(80)38(85)14-26)52-45(92)21-48-29(63(52)95)18-47(94)69(101-48)23-1-6-30(77)35(82)11-23/h1-17,19-22,47,59-62,65-73,76-100H,18H2. The van der Waals surface area contributed by atoms with E-state index in [0.717, 1.165) is 97.1 Å². The minimum atomic E-state index is -2.30. The molecule has 0 fully saturated rings. The van der Waals surface area contributed by atoms with Crippen LogP contribution in [0.1, 0.15) is 132 Å². The number of hydrogen-bond donors (Lipinski definition) is 25. The van der Waals surface area contributed by atoms with E-state index < -0.39 is 262 Å². The molecule has 15 rings (SSSR count). The quantitative estimate of drug-likeness (QED) is 0.0628. The summed E-state index contributed by atoms with van der Waals surface area (Å²) >= 11 is 0. The summed E-state index contributed by atoms with van der Waals surface area (Å²) in [6, 6.07) is 21.3. The molecule has 0 aliphatic carbocycles. The molecule has 0 radical (unpaired) electrons. The van der Waals surface area contributed by atoms with Gasteiger partial charge in [-0.15, -0.1) is 0 Å². The van der Waals surface area contributed by atoms with Crippen LogP contribution in [0.3, 0.4) is 0 Å². The summed E-state index contributed by atoms with van der Waals surface area (Å²) < 4.78 is 32.0. The van der Waals surface area contributed by atoms with E-state index in [1.807, 2.05) is 0 Å². The third-order valence-corrected chi connectivity index (χ3v) is 20.2. The van der Waals surface area contributed by atoms with Gasteiger partial charge in [-0.2, -0.15) is 0 Å². The van der Waals surface area contributed by atoms with Crippen molar-refractivity contribution in [2.24, 2.45) is 0 Å². The van der Waals surface area contributed by atoms with E-state index in [2.05, 4.69) is 0 Å². The normalized spacial score (nSPS) is 24.2. The largest absolute Gasteiger partial charge is 0.508 e. The SMILES string of the molecule is Oc1cc(O)c2c(c1)OC(c1ccc(O)c(O)c1)C(O)C2c1c(O)cc(O)c2c1OC(c1ccc(O)c(O)c1)C(O)C2c1c(O)cc2c(c1O)C(c1c(O)cc(O)c3c1OC(c1ccc(O)c(O)c1)C(O)C3c1c(O)cc3c(c1O)CC(O)C(c1ccc(O)c(O)c1)O3)C(O)C(c1ccc(O)c(O)c1)O2. The number of fused-ring (bicyclic) bond motifs is 5. The van der Waals surface area contributed by atoms with Gasteiger partial charge in [-0.05, 0) is 88.5 Å². The van der Waals surface area contributed by atoms with Crippen LogP contribution in [0.15, 0.2) is 127 Å². The number of ether oxygens (including phenoxy) is 5. The van der Waals surface area contributed by atoms with Crippen molar-refractivity contribution in [2.75, 3.05) is 0 Å². The smallest absolute Gasteiger partial charge is 0.157 e. The Labute approximate surface area is 589 Å². The zero-order valence-electron chi connectivity index (χ0n) is 53.6. The maximum atomic E-state index is 13.7. The van der Waals surface area contributed by atoms with E-state index in [1.54, 1.807) is 0 Å². The Morgan fingerprint density at radius 1 is 0.229 bits per heavy atom. The maximum Gasteiger partial charge on any atom is 0.157 e. The zero-order valence-corrected chi connectivity index (χ0v) is 53.6. The number of rotatable bonds is 9. The van der Waals surface area contributed by atoms with Crippen molar-refractivity contribution in [3.63, 3.8) is 0 Å². The molecule has 0 saturated heterocycles. The van der Waals surface area contributed by atoms with Crippen LogP contribution in [-0.4, -0.2) is 158 Å². The van der Waals surface area contributed by atoms with Gasteiger partial charge in [0.05, 0.1) is 29.8 Å². The number of benzene rings is 10. The molecule has 10 aromatic rings. The van der Waals surface area contributed by atoms with Crippen molar-refractivity contribution in [3.05, 3.63) is 205 Å². The van der Waals surface area contributed by atoms with E-state index >= 15 is 0 Å². The second kappa shape index (κ2) is 24.6. The third kappa shape index (κ3) is 10.7. The molecule has 0 saturated carbocycles. The van der Waals surface area contributed by atoms with Crippen molar-refractivity contribution in [2.45, 2.75) is 91.1 Å². The molecule has 0 spiro atoms. The molecule has 30 heteroatoms. The lowest BCUT2D eigenvalue weighted by Gasteiger charge is -2.44. The summed E-state index contributed by atoms with van der Waals surface area (Å²) in [4.78, 5) is 0. The number of aliphatic hydroxyl groups excluding tert-OH is 5. The monoisotopic (exact) mass is 1440 g/mol. The fourth-order valence-corrected chi connectivity index (χ4v) is 15.4. The van der Waals surface area contributed by atoms with Crippen LogP contribution < -0.4 is 23.7 Å². The highest BCUT2D eigenvalue weighted by molar-refractivity contribution is 5.75. The van der Waals surface area contributed by atoms with Crippen LogP contribution in [0.2, 0.25) is 0 Å². The van der Waals surface area contributed by atoms with Gasteiger partial charge in [0.25, 0.3) is 0 Å². The Morgan fingerprint density at radius 3 is 0.886 bits per heavy atom. The lowest BCUT2D eigenvalue weighted by molar-refractivity contribution is -0.00543. The molecule has 25 N–H and O–H groups in total. The molecule has 542 valence electrons. The first kappa shape index (κ1) is 67.8. The van der Waals surface area contributed by atoms with E-state index in [4.69, 9.17) is 23.7 Å². The number of phenolic OH excluding ortho intramolecular Hbond substituents is 20. The van der Waals surface area contributed by atoms with Crippen LogP contribution in [-0.2, 0) is 6.42 Å². The molecule has 14 atom stereocenters. The minimum absolute atomic E-state index is 0.0495. The third-order valence-electron chi connectivity index (χ3n) is 20.2. The van der Waals surface area contributed by atoms with Gasteiger partial charge in [0, 0.05) is 92.9 Å². The summed E-state index contributed by atoms with van der Waals surface area (Å²) in [5.74, 6) is -27.1. The molecule has 10 aromatic carbocycles. The molecule has 5 heterocycles. The molecule has 30 nitrogen and oxygen atoms in total. The average molecular weight is 1440 g/mol. The average Bonchev–Trinajstić information content (AvgIpc) is 0.709.